The van der Waals surface area contributed by atoms with Gasteiger partial charge in [-0.2, -0.15) is 0 Å². The fourth-order valence-electron chi connectivity index (χ4n) is 3.28. The number of aryl methyl sites for hydroxylation is 1. The smallest absolute Gasteiger partial charge is 0.224 e. The summed E-state index contributed by atoms with van der Waals surface area (Å²) in [6.07, 6.45) is 3.47. The molecule has 0 radical (unpaired) electrons. The Bertz CT molecular complexity index is 772. The van der Waals surface area contributed by atoms with Crippen molar-refractivity contribution >= 4 is 40.5 Å². The van der Waals surface area contributed by atoms with Crippen molar-refractivity contribution in [2.24, 2.45) is 0 Å². The Morgan fingerprint density at radius 1 is 1.11 bits per heavy atom. The number of hydrogen-bond donors (Lipinski definition) is 1. The normalized spacial score (nSPS) is 15.0. The molecule has 1 heterocycles. The van der Waals surface area contributed by atoms with E-state index in [0.29, 0.717) is 29.0 Å². The summed E-state index contributed by atoms with van der Waals surface area (Å²) in [5.74, 6) is -0.0188. The van der Waals surface area contributed by atoms with Crippen LogP contribution in [0.5, 0.6) is 0 Å². The summed E-state index contributed by atoms with van der Waals surface area (Å²) in [4.78, 5) is 14.6. The lowest BCUT2D eigenvalue weighted by molar-refractivity contribution is -0.116. The van der Waals surface area contributed by atoms with Crippen LogP contribution in [0, 0.1) is 0 Å². The van der Waals surface area contributed by atoms with E-state index in [9.17, 15) is 4.79 Å². The van der Waals surface area contributed by atoms with Crippen LogP contribution in [0.25, 0.3) is 0 Å². The summed E-state index contributed by atoms with van der Waals surface area (Å²) in [5, 5.41) is 3.99. The second kappa shape index (κ2) is 9.45. The van der Waals surface area contributed by atoms with Crippen LogP contribution < -0.4 is 10.2 Å². The standard InChI is InChI=1S/C21H24Cl2N2O2/c1-27-18-10-12-25(13-11-18)17-6-4-16(5-7-17)24-21(26)9-3-15-2-8-19(22)20(23)14-15/h2,4-8,14,18H,3,9-13H2,1H3,(H,24,26). The van der Waals surface area contributed by atoms with Crippen LogP contribution in [-0.2, 0) is 16.0 Å². The largest absolute Gasteiger partial charge is 0.381 e. The lowest BCUT2D eigenvalue weighted by Crippen LogP contribution is -2.36. The van der Waals surface area contributed by atoms with Crippen molar-refractivity contribution < 1.29 is 9.53 Å². The summed E-state index contributed by atoms with van der Waals surface area (Å²) in [6, 6.07) is 13.5. The van der Waals surface area contributed by atoms with Gasteiger partial charge in [-0.1, -0.05) is 29.3 Å². The zero-order valence-electron chi connectivity index (χ0n) is 15.4. The predicted molar refractivity (Wildman–Crippen MR) is 112 cm³/mol. The number of ether oxygens (including phenoxy) is 1. The van der Waals surface area contributed by atoms with Crippen LogP contribution >= 0.6 is 23.2 Å². The monoisotopic (exact) mass is 406 g/mol. The highest BCUT2D eigenvalue weighted by Gasteiger charge is 2.18. The van der Waals surface area contributed by atoms with Gasteiger partial charge in [0.2, 0.25) is 5.91 Å². The van der Waals surface area contributed by atoms with E-state index in [1.54, 1.807) is 19.2 Å². The van der Waals surface area contributed by atoms with Gasteiger partial charge in [-0.3, -0.25) is 4.79 Å². The molecule has 0 bridgehead atoms. The molecule has 1 saturated heterocycles. The second-order valence-electron chi connectivity index (χ2n) is 6.77. The van der Waals surface area contributed by atoms with E-state index < -0.39 is 0 Å². The number of carbonyl (C=O) groups is 1. The van der Waals surface area contributed by atoms with Gasteiger partial charge >= 0.3 is 0 Å². The molecule has 3 rings (SSSR count). The summed E-state index contributed by atoms with van der Waals surface area (Å²) in [6.45, 7) is 1.99. The van der Waals surface area contributed by atoms with Gasteiger partial charge in [-0.25, -0.2) is 0 Å². The topological polar surface area (TPSA) is 41.6 Å². The fraction of sp³-hybridized carbons (Fsp3) is 0.381. The van der Waals surface area contributed by atoms with Crippen molar-refractivity contribution in [1.82, 2.24) is 0 Å². The van der Waals surface area contributed by atoms with Gasteiger partial charge in [-0.15, -0.1) is 0 Å². The molecular weight excluding hydrogens is 383 g/mol. The summed E-state index contributed by atoms with van der Waals surface area (Å²) >= 11 is 11.9. The van der Waals surface area contributed by atoms with Crippen molar-refractivity contribution in [2.45, 2.75) is 31.8 Å². The van der Waals surface area contributed by atoms with Crippen molar-refractivity contribution in [3.8, 4) is 0 Å². The molecule has 4 nitrogen and oxygen atoms in total. The number of carbonyl (C=O) groups excluding carboxylic acids is 1. The van der Waals surface area contributed by atoms with E-state index in [1.807, 2.05) is 18.2 Å². The highest BCUT2D eigenvalue weighted by molar-refractivity contribution is 6.42. The number of anilines is 2. The second-order valence-corrected chi connectivity index (χ2v) is 7.58. The number of methoxy groups -OCH3 is 1. The van der Waals surface area contributed by atoms with Gasteiger partial charge in [0, 0.05) is 38.0 Å². The zero-order chi connectivity index (χ0) is 19.2. The van der Waals surface area contributed by atoms with E-state index in [1.165, 1.54) is 5.69 Å². The first-order valence-electron chi connectivity index (χ1n) is 9.17. The van der Waals surface area contributed by atoms with E-state index in [-0.39, 0.29) is 5.91 Å². The Morgan fingerprint density at radius 2 is 1.81 bits per heavy atom. The van der Waals surface area contributed by atoms with Gasteiger partial charge in [0.05, 0.1) is 16.1 Å². The molecule has 0 atom stereocenters. The van der Waals surface area contributed by atoms with Gasteiger partial charge in [0.1, 0.15) is 0 Å². The fourth-order valence-corrected chi connectivity index (χ4v) is 3.60. The van der Waals surface area contributed by atoms with Crippen LogP contribution in [0.3, 0.4) is 0 Å². The Hall–Kier alpha value is -1.75. The Morgan fingerprint density at radius 3 is 2.44 bits per heavy atom. The van der Waals surface area contributed by atoms with Crippen molar-refractivity contribution in [3.05, 3.63) is 58.1 Å². The molecule has 1 aliphatic rings. The average molecular weight is 407 g/mol. The van der Waals surface area contributed by atoms with E-state index in [4.69, 9.17) is 27.9 Å². The molecule has 2 aromatic rings. The molecule has 0 aromatic heterocycles. The molecule has 1 fully saturated rings. The molecule has 1 amide bonds. The first-order chi connectivity index (χ1) is 13.0. The van der Waals surface area contributed by atoms with Gasteiger partial charge in [0.15, 0.2) is 0 Å². The maximum Gasteiger partial charge on any atom is 0.224 e. The minimum Gasteiger partial charge on any atom is -0.381 e. The van der Waals surface area contributed by atoms with Crippen LogP contribution in [-0.4, -0.2) is 32.2 Å². The molecular formula is C21H24Cl2N2O2. The molecule has 0 spiro atoms. The van der Waals surface area contributed by atoms with E-state index in [2.05, 4.69) is 22.3 Å². The van der Waals surface area contributed by atoms with Crippen LogP contribution in [0.1, 0.15) is 24.8 Å². The lowest BCUT2D eigenvalue weighted by atomic mass is 10.1. The average Bonchev–Trinajstić information content (AvgIpc) is 2.69. The van der Waals surface area contributed by atoms with Crippen LogP contribution in [0.15, 0.2) is 42.5 Å². The number of halogens is 2. The maximum absolute atomic E-state index is 12.2. The van der Waals surface area contributed by atoms with Gasteiger partial charge in [0.25, 0.3) is 0 Å². The van der Waals surface area contributed by atoms with Crippen molar-refractivity contribution in [2.75, 3.05) is 30.4 Å². The van der Waals surface area contributed by atoms with Crippen LogP contribution in [0.2, 0.25) is 10.0 Å². The first kappa shape index (κ1) is 20.0. The molecule has 6 heteroatoms. The maximum atomic E-state index is 12.2. The number of hydrogen-bond acceptors (Lipinski definition) is 3. The number of nitrogens with one attached hydrogen (secondary N) is 1. The lowest BCUT2D eigenvalue weighted by Gasteiger charge is -2.33. The first-order valence-corrected chi connectivity index (χ1v) is 9.92. The Kier molecular flexibility index (Phi) is 7.00. The van der Waals surface area contributed by atoms with Crippen molar-refractivity contribution in [3.63, 3.8) is 0 Å². The molecule has 0 saturated carbocycles. The van der Waals surface area contributed by atoms with E-state index >= 15 is 0 Å². The number of piperidine rings is 1. The number of nitrogens with zero attached hydrogens (tertiary/aromatic N) is 1. The summed E-state index contributed by atoms with van der Waals surface area (Å²) < 4.78 is 5.42. The third kappa shape index (κ3) is 5.61. The molecule has 1 N–H and O–H groups in total. The molecule has 144 valence electrons. The SMILES string of the molecule is COC1CCN(c2ccc(NC(=O)CCc3ccc(Cl)c(Cl)c3)cc2)CC1. The number of rotatable bonds is 6. The number of amides is 1. The number of benzene rings is 2. The minimum atomic E-state index is -0.0188. The third-order valence-electron chi connectivity index (χ3n) is 4.92. The Balaban J connectivity index is 1.49. The highest BCUT2D eigenvalue weighted by Crippen LogP contribution is 2.24. The van der Waals surface area contributed by atoms with Gasteiger partial charge < -0.3 is 15.0 Å². The molecule has 0 aliphatic carbocycles. The summed E-state index contributed by atoms with van der Waals surface area (Å²) in [5.41, 5.74) is 2.98. The van der Waals surface area contributed by atoms with Crippen molar-refractivity contribution in [1.29, 1.82) is 0 Å². The van der Waals surface area contributed by atoms with Crippen LogP contribution in [0.4, 0.5) is 11.4 Å². The molecule has 2 aromatic carbocycles. The quantitative estimate of drug-likeness (QED) is 0.718. The van der Waals surface area contributed by atoms with Gasteiger partial charge in [-0.05, 0) is 61.2 Å². The zero-order valence-corrected chi connectivity index (χ0v) is 16.9. The minimum absolute atomic E-state index is 0.0188. The molecule has 27 heavy (non-hydrogen) atoms. The molecule has 0 unspecified atom stereocenters. The van der Waals surface area contributed by atoms with E-state index in [0.717, 1.165) is 37.2 Å². The Labute approximate surface area is 170 Å². The molecule has 1 aliphatic heterocycles. The summed E-state index contributed by atoms with van der Waals surface area (Å²) in [7, 11) is 1.78. The predicted octanol–water partition coefficient (Wildman–Crippen LogP) is 5.18. The third-order valence-corrected chi connectivity index (χ3v) is 5.66. The highest BCUT2D eigenvalue weighted by atomic mass is 35.5.